The Balaban J connectivity index is 1.18. The zero-order valence-electron chi connectivity index (χ0n) is 25.6. The van der Waals surface area contributed by atoms with Crippen molar-refractivity contribution in [1.82, 2.24) is 9.13 Å². The smallest absolute Gasteiger partial charge is 0.0862 e. The third kappa shape index (κ3) is 3.30. The van der Waals surface area contributed by atoms with E-state index in [1.54, 1.807) is 0 Å². The van der Waals surface area contributed by atoms with E-state index in [4.69, 9.17) is 0 Å². The molecule has 3 heteroatoms. The van der Waals surface area contributed by atoms with E-state index in [2.05, 4.69) is 178 Å². The first-order valence-corrected chi connectivity index (χ1v) is 16.4. The third-order valence-electron chi connectivity index (χ3n) is 10.6. The average Bonchev–Trinajstić information content (AvgIpc) is 3.86. The minimum Gasteiger partial charge on any atom is -0.331 e. The molecule has 0 amide bonds. The highest BCUT2D eigenvalue weighted by molar-refractivity contribution is 6.11. The van der Waals surface area contributed by atoms with Gasteiger partial charge >= 0.3 is 0 Å². The zero-order chi connectivity index (χ0) is 30.6. The molecule has 0 N–H and O–H groups in total. The van der Waals surface area contributed by atoms with Crippen LogP contribution in [0.4, 0.5) is 11.4 Å². The van der Waals surface area contributed by atoms with Gasteiger partial charge in [0, 0.05) is 49.7 Å². The van der Waals surface area contributed by atoms with Crippen LogP contribution in [0.25, 0.3) is 55.5 Å². The second-order valence-electron chi connectivity index (χ2n) is 12.9. The molecule has 3 aliphatic heterocycles. The molecule has 220 valence electrons. The summed E-state index contributed by atoms with van der Waals surface area (Å²) in [4.78, 5) is 2.58. The molecule has 6 aromatic carbocycles. The van der Waals surface area contributed by atoms with Gasteiger partial charge in [0.2, 0.25) is 0 Å². The van der Waals surface area contributed by atoms with Gasteiger partial charge in [-0.3, -0.25) is 0 Å². The van der Waals surface area contributed by atoms with Gasteiger partial charge in [-0.2, -0.15) is 0 Å². The summed E-state index contributed by atoms with van der Waals surface area (Å²) >= 11 is 0. The minimum atomic E-state index is 0.149. The molecule has 3 aliphatic rings. The molecule has 0 spiro atoms. The van der Waals surface area contributed by atoms with Crippen molar-refractivity contribution in [2.45, 2.75) is 12.1 Å². The Labute approximate surface area is 271 Å². The molecule has 0 bridgehead atoms. The first-order valence-electron chi connectivity index (χ1n) is 16.4. The van der Waals surface area contributed by atoms with Gasteiger partial charge in [-0.25, -0.2) is 0 Å². The fraction of sp³-hybridized carbons (Fsp3) is 0.0455. The van der Waals surface area contributed by atoms with Crippen molar-refractivity contribution < 1.29 is 0 Å². The summed E-state index contributed by atoms with van der Waals surface area (Å²) in [6, 6.07) is 55.8. The van der Waals surface area contributed by atoms with Crippen molar-refractivity contribution in [1.29, 1.82) is 0 Å². The Kier molecular flexibility index (Phi) is 4.95. The number of rotatable bonds is 3. The van der Waals surface area contributed by atoms with Gasteiger partial charge in [0.25, 0.3) is 0 Å². The molecule has 0 saturated heterocycles. The van der Waals surface area contributed by atoms with Crippen LogP contribution in [-0.4, -0.2) is 15.2 Å². The van der Waals surface area contributed by atoms with Crippen molar-refractivity contribution in [2.24, 2.45) is 0 Å². The van der Waals surface area contributed by atoms with Crippen molar-refractivity contribution in [3.63, 3.8) is 0 Å². The lowest BCUT2D eigenvalue weighted by Gasteiger charge is -2.32. The van der Waals surface area contributed by atoms with Gasteiger partial charge in [0.05, 0.1) is 33.8 Å². The van der Waals surface area contributed by atoms with E-state index >= 15 is 0 Å². The predicted molar refractivity (Wildman–Crippen MR) is 195 cm³/mol. The topological polar surface area (TPSA) is 13.1 Å². The molecule has 0 aliphatic carbocycles. The zero-order valence-corrected chi connectivity index (χ0v) is 25.6. The molecule has 2 atom stereocenters. The second kappa shape index (κ2) is 9.24. The maximum atomic E-state index is 2.62. The van der Waals surface area contributed by atoms with E-state index in [1.165, 1.54) is 82.6 Å². The lowest BCUT2D eigenvalue weighted by molar-refractivity contribution is 0.566. The molecule has 11 rings (SSSR count). The summed E-state index contributed by atoms with van der Waals surface area (Å²) in [5.41, 5.74) is 11.5. The van der Waals surface area contributed by atoms with E-state index in [0.29, 0.717) is 0 Å². The second-order valence-corrected chi connectivity index (χ2v) is 12.9. The quantitative estimate of drug-likeness (QED) is 0.198. The van der Waals surface area contributed by atoms with Crippen LogP contribution in [0.1, 0.15) is 17.2 Å². The van der Waals surface area contributed by atoms with Crippen LogP contribution in [0, 0.1) is 0 Å². The Bertz CT molecular complexity index is 2750. The monoisotopic (exact) mass is 599 g/mol. The van der Waals surface area contributed by atoms with E-state index in [1.807, 2.05) is 0 Å². The molecule has 2 unspecified atom stereocenters. The third-order valence-corrected chi connectivity index (χ3v) is 10.6. The molecule has 0 saturated carbocycles. The molecule has 0 radical (unpaired) electrons. The maximum Gasteiger partial charge on any atom is 0.0862 e. The normalized spacial score (nSPS) is 17.6. The minimum absolute atomic E-state index is 0.149. The van der Waals surface area contributed by atoms with Crippen LogP contribution in [0.5, 0.6) is 0 Å². The number of allylic oxidation sites excluding steroid dienone is 1. The molecular formula is C44H29N3. The molecular weight excluding hydrogens is 571 g/mol. The van der Waals surface area contributed by atoms with Crippen LogP contribution in [0.15, 0.2) is 158 Å². The fourth-order valence-corrected chi connectivity index (χ4v) is 8.73. The Morgan fingerprint density at radius 1 is 0.511 bits per heavy atom. The van der Waals surface area contributed by atoms with Gasteiger partial charge in [0.15, 0.2) is 0 Å². The van der Waals surface area contributed by atoms with E-state index < -0.39 is 0 Å². The van der Waals surface area contributed by atoms with E-state index in [0.717, 1.165) is 0 Å². The highest BCUT2D eigenvalue weighted by atomic mass is 15.3. The van der Waals surface area contributed by atoms with Gasteiger partial charge in [-0.15, -0.1) is 0 Å². The Morgan fingerprint density at radius 2 is 1.17 bits per heavy atom. The summed E-state index contributed by atoms with van der Waals surface area (Å²) in [5.74, 6) is 0. The predicted octanol–water partition coefficient (Wildman–Crippen LogP) is 8.89. The van der Waals surface area contributed by atoms with Crippen molar-refractivity contribution >= 4 is 61.2 Å². The van der Waals surface area contributed by atoms with Gasteiger partial charge in [0.1, 0.15) is 0 Å². The first-order chi connectivity index (χ1) is 23.3. The van der Waals surface area contributed by atoms with E-state index in [9.17, 15) is 0 Å². The number of para-hydroxylation sites is 4. The van der Waals surface area contributed by atoms with Crippen molar-refractivity contribution in [2.75, 3.05) is 4.90 Å². The summed E-state index contributed by atoms with van der Waals surface area (Å²) in [6.07, 6.45) is 4.96. The van der Waals surface area contributed by atoms with Crippen LogP contribution >= 0.6 is 0 Å². The number of anilines is 2. The number of aromatic nitrogens is 2. The lowest BCUT2D eigenvalue weighted by Crippen LogP contribution is -2.37. The molecule has 5 heterocycles. The van der Waals surface area contributed by atoms with Crippen LogP contribution in [0.3, 0.4) is 0 Å². The number of hydrogen-bond acceptors (Lipinski definition) is 1. The highest BCUT2D eigenvalue weighted by Gasteiger charge is 2.46. The number of fused-ring (bicyclic) bond motifs is 10. The fourth-order valence-electron chi connectivity index (χ4n) is 8.73. The SMILES string of the molecule is C1=C(c2ccc3c(c2)c2ccccc2n3-c2ccccc2)C=c2c3ccccc3c3n2C1C1C=3c2ccccc2N1c1ccccc1. The Morgan fingerprint density at radius 3 is 2.00 bits per heavy atom. The maximum absolute atomic E-state index is 2.62. The molecule has 3 nitrogen and oxygen atoms in total. The number of benzene rings is 6. The van der Waals surface area contributed by atoms with Crippen molar-refractivity contribution in [3.05, 3.63) is 180 Å². The Hall–Kier alpha value is -6.06. The molecule has 0 fully saturated rings. The lowest BCUT2D eigenvalue weighted by atomic mass is 9.92. The molecule has 8 aromatic rings. The largest absolute Gasteiger partial charge is 0.331 e. The number of hydrogen-bond donors (Lipinski definition) is 0. The summed E-state index contributed by atoms with van der Waals surface area (Å²) in [5, 5.41) is 7.88. The van der Waals surface area contributed by atoms with E-state index in [-0.39, 0.29) is 12.1 Å². The number of nitrogens with zero attached hydrogens (tertiary/aromatic N) is 3. The molecule has 2 aromatic heterocycles. The standard InChI is InChI=1S/C44H29N3/c1-3-13-30(14-4-1)45-37-21-11-9-18-33(37)36-25-28(23-24-39(36)45)29-26-40-32-17-7-8-19-34(32)43-42-35-20-10-12-22-38(35)46(31-15-5-2-6-16-31)44(42)41(27-29)47(40)43/h1-27,41,44H. The first kappa shape index (κ1) is 25.2. The van der Waals surface area contributed by atoms with Crippen LogP contribution in [-0.2, 0) is 0 Å². The summed E-state index contributed by atoms with van der Waals surface area (Å²) in [6.45, 7) is 0. The van der Waals surface area contributed by atoms with Crippen LogP contribution in [0.2, 0.25) is 0 Å². The summed E-state index contributed by atoms with van der Waals surface area (Å²) < 4.78 is 5.02. The van der Waals surface area contributed by atoms with Gasteiger partial charge < -0.3 is 14.0 Å². The van der Waals surface area contributed by atoms with Crippen LogP contribution < -0.4 is 15.6 Å². The van der Waals surface area contributed by atoms with Gasteiger partial charge in [-0.05, 0) is 65.7 Å². The van der Waals surface area contributed by atoms with Gasteiger partial charge in [-0.1, -0.05) is 109 Å². The summed E-state index contributed by atoms with van der Waals surface area (Å²) in [7, 11) is 0. The van der Waals surface area contributed by atoms with Crippen molar-refractivity contribution in [3.8, 4) is 5.69 Å². The average molecular weight is 600 g/mol. The highest BCUT2D eigenvalue weighted by Crippen LogP contribution is 2.50. The molecule has 47 heavy (non-hydrogen) atoms.